The number of hydrogen-bond acceptors (Lipinski definition) is 8. The highest BCUT2D eigenvalue weighted by Crippen LogP contribution is 2.02. The summed E-state index contributed by atoms with van der Waals surface area (Å²) in [6.07, 6.45) is 5.56. The molecule has 0 saturated carbocycles. The maximum absolute atomic E-state index is 12.8. The molecule has 0 radical (unpaired) electrons. The van der Waals surface area contributed by atoms with Crippen molar-refractivity contribution in [2.24, 2.45) is 5.73 Å². The molecule has 3 amide bonds. The van der Waals surface area contributed by atoms with Gasteiger partial charge in [0, 0.05) is 36.6 Å². The Balaban J connectivity index is 2.06. The fourth-order valence-electron chi connectivity index (χ4n) is 2.68. The molecule has 2 heterocycles. The molecule has 0 bridgehead atoms. The van der Waals surface area contributed by atoms with E-state index in [0.29, 0.717) is 11.4 Å². The van der Waals surface area contributed by atoms with E-state index in [1.54, 1.807) is 0 Å². The third-order valence-corrected chi connectivity index (χ3v) is 4.43. The third-order valence-electron chi connectivity index (χ3n) is 4.43. The molecule has 174 valence electrons. The molecule has 9 N–H and O–H groups in total. The fraction of sp³-hybridized carbons (Fsp3) is 0.444. The van der Waals surface area contributed by atoms with Crippen LogP contribution in [0.2, 0.25) is 0 Å². The minimum absolute atomic E-state index is 0.0155. The third kappa shape index (κ3) is 7.17. The number of carboxylic acids is 1. The van der Waals surface area contributed by atoms with Crippen LogP contribution in [0.1, 0.15) is 18.3 Å². The van der Waals surface area contributed by atoms with Gasteiger partial charge in [0.25, 0.3) is 0 Å². The number of carboxylic acid groups (broad SMARTS) is 1. The first-order chi connectivity index (χ1) is 15.2. The number of carbonyl (C=O) groups is 4. The van der Waals surface area contributed by atoms with Crippen molar-refractivity contribution in [1.29, 1.82) is 0 Å². The summed E-state index contributed by atoms with van der Waals surface area (Å²) in [7, 11) is 0. The zero-order chi connectivity index (χ0) is 23.7. The minimum Gasteiger partial charge on any atom is -0.480 e. The maximum atomic E-state index is 12.8. The molecular formula is C18H26N8O6. The molecule has 32 heavy (non-hydrogen) atoms. The number of aromatic amines is 2. The van der Waals surface area contributed by atoms with Gasteiger partial charge in [0.2, 0.25) is 17.7 Å². The van der Waals surface area contributed by atoms with Crippen molar-refractivity contribution in [2.75, 3.05) is 6.61 Å². The van der Waals surface area contributed by atoms with Crippen molar-refractivity contribution in [3.8, 4) is 0 Å². The maximum Gasteiger partial charge on any atom is 0.326 e. The van der Waals surface area contributed by atoms with E-state index in [-0.39, 0.29) is 12.8 Å². The Morgan fingerprint density at radius 3 is 1.81 bits per heavy atom. The number of nitrogens with two attached hydrogens (primary N) is 1. The highest BCUT2D eigenvalue weighted by Gasteiger charge is 2.30. The predicted molar refractivity (Wildman–Crippen MR) is 109 cm³/mol. The number of hydrogen-bond donors (Lipinski definition) is 8. The second-order valence-corrected chi connectivity index (χ2v) is 7.05. The molecule has 0 aromatic carbocycles. The first-order valence-corrected chi connectivity index (χ1v) is 9.66. The van der Waals surface area contributed by atoms with Crippen molar-refractivity contribution in [1.82, 2.24) is 35.9 Å². The van der Waals surface area contributed by atoms with Gasteiger partial charge < -0.3 is 41.9 Å². The van der Waals surface area contributed by atoms with E-state index in [1.165, 1.54) is 32.0 Å². The second kappa shape index (κ2) is 11.6. The Labute approximate surface area is 182 Å². The van der Waals surface area contributed by atoms with Gasteiger partial charge in [-0.2, -0.15) is 0 Å². The van der Waals surface area contributed by atoms with Crippen molar-refractivity contribution in [3.63, 3.8) is 0 Å². The number of imidazole rings is 2. The number of carbonyl (C=O) groups excluding carboxylic acids is 3. The van der Waals surface area contributed by atoms with Crippen molar-refractivity contribution >= 4 is 23.7 Å². The number of aliphatic carboxylic acids is 1. The van der Waals surface area contributed by atoms with Gasteiger partial charge in [0.15, 0.2) is 0 Å². The van der Waals surface area contributed by atoms with Crippen LogP contribution in [0.3, 0.4) is 0 Å². The normalized spacial score (nSPS) is 14.6. The minimum atomic E-state index is -1.46. The van der Waals surface area contributed by atoms with Crippen LogP contribution in [0.15, 0.2) is 25.0 Å². The van der Waals surface area contributed by atoms with E-state index < -0.39 is 54.5 Å². The molecule has 0 fully saturated rings. The SMILES string of the molecule is CC(N)C(=O)NC(Cc1cnc[nH]1)C(=O)NC(CO)C(=O)NC(Cc1cnc[nH]1)C(=O)O. The first-order valence-electron chi connectivity index (χ1n) is 9.66. The summed E-state index contributed by atoms with van der Waals surface area (Å²) in [5.74, 6) is -3.59. The average Bonchev–Trinajstić information content (AvgIpc) is 3.44. The molecule has 2 rings (SSSR count). The molecule has 2 aromatic heterocycles. The number of rotatable bonds is 12. The van der Waals surface area contributed by atoms with Crippen LogP contribution in [0.5, 0.6) is 0 Å². The molecule has 0 saturated heterocycles. The molecule has 4 unspecified atom stereocenters. The van der Waals surface area contributed by atoms with E-state index in [4.69, 9.17) is 5.73 Å². The summed E-state index contributed by atoms with van der Waals surface area (Å²) in [5, 5.41) is 26.0. The van der Waals surface area contributed by atoms with Gasteiger partial charge in [-0.25, -0.2) is 14.8 Å². The molecule has 2 aromatic rings. The van der Waals surface area contributed by atoms with Crippen LogP contribution in [-0.4, -0.2) is 84.6 Å². The number of nitrogens with one attached hydrogen (secondary N) is 5. The molecule has 4 atom stereocenters. The zero-order valence-corrected chi connectivity index (χ0v) is 17.2. The Hall–Kier alpha value is -3.78. The quantitative estimate of drug-likeness (QED) is 0.162. The van der Waals surface area contributed by atoms with Gasteiger partial charge >= 0.3 is 5.97 Å². The van der Waals surface area contributed by atoms with E-state index in [1.807, 2.05) is 0 Å². The van der Waals surface area contributed by atoms with Crippen molar-refractivity contribution in [2.45, 2.75) is 43.9 Å². The largest absolute Gasteiger partial charge is 0.480 e. The topological polar surface area (TPSA) is 228 Å². The summed E-state index contributed by atoms with van der Waals surface area (Å²) in [6, 6.07) is -4.80. The highest BCUT2D eigenvalue weighted by atomic mass is 16.4. The molecule has 14 nitrogen and oxygen atoms in total. The number of amides is 3. The molecular weight excluding hydrogens is 424 g/mol. The van der Waals surface area contributed by atoms with Crippen LogP contribution in [0.4, 0.5) is 0 Å². The number of H-pyrrole nitrogens is 2. The van der Waals surface area contributed by atoms with E-state index in [9.17, 15) is 29.4 Å². The number of aliphatic hydroxyl groups is 1. The van der Waals surface area contributed by atoms with E-state index >= 15 is 0 Å². The second-order valence-electron chi connectivity index (χ2n) is 7.05. The summed E-state index contributed by atoms with van der Waals surface area (Å²) >= 11 is 0. The summed E-state index contributed by atoms with van der Waals surface area (Å²) < 4.78 is 0. The smallest absolute Gasteiger partial charge is 0.326 e. The Morgan fingerprint density at radius 2 is 1.38 bits per heavy atom. The summed E-state index contributed by atoms with van der Waals surface area (Å²) in [6.45, 7) is 0.641. The van der Waals surface area contributed by atoms with Crippen LogP contribution < -0.4 is 21.7 Å². The lowest BCUT2D eigenvalue weighted by Crippen LogP contribution is -2.58. The lowest BCUT2D eigenvalue weighted by atomic mass is 10.1. The molecule has 0 aliphatic heterocycles. The zero-order valence-electron chi connectivity index (χ0n) is 17.2. The first kappa shape index (κ1) is 24.5. The van der Waals surface area contributed by atoms with Gasteiger partial charge in [-0.05, 0) is 6.92 Å². The fourth-order valence-corrected chi connectivity index (χ4v) is 2.68. The van der Waals surface area contributed by atoms with Gasteiger partial charge in [-0.3, -0.25) is 14.4 Å². The number of aromatic nitrogens is 4. The van der Waals surface area contributed by atoms with Gasteiger partial charge in [0.1, 0.15) is 18.1 Å². The standard InChI is InChI=1S/C18H26N8O6/c1-9(19)15(28)24-12(2-10-4-20-7-22-10)16(29)26-14(6-27)17(30)25-13(18(31)32)3-11-5-21-8-23-11/h4-5,7-9,12-14,27H,2-3,6,19H2,1H3,(H,20,22)(H,21,23)(H,24,28)(H,25,30)(H,26,29)(H,31,32). The average molecular weight is 450 g/mol. The van der Waals surface area contributed by atoms with E-state index in [0.717, 1.165) is 0 Å². The lowest BCUT2D eigenvalue weighted by molar-refractivity contribution is -0.142. The highest BCUT2D eigenvalue weighted by molar-refractivity contribution is 5.94. The number of aliphatic hydroxyl groups excluding tert-OH is 1. The van der Waals surface area contributed by atoms with Crippen LogP contribution in [0.25, 0.3) is 0 Å². The van der Waals surface area contributed by atoms with Crippen LogP contribution >= 0.6 is 0 Å². The predicted octanol–water partition coefficient (Wildman–Crippen LogP) is -3.20. The molecule has 0 spiro atoms. The monoisotopic (exact) mass is 450 g/mol. The van der Waals surface area contributed by atoms with Gasteiger partial charge in [-0.1, -0.05) is 0 Å². The Bertz CT molecular complexity index is 899. The summed E-state index contributed by atoms with van der Waals surface area (Å²) in [4.78, 5) is 61.9. The van der Waals surface area contributed by atoms with E-state index in [2.05, 4.69) is 35.9 Å². The van der Waals surface area contributed by atoms with Crippen LogP contribution in [-0.2, 0) is 32.0 Å². The Kier molecular flexibility index (Phi) is 8.85. The molecule has 0 aliphatic carbocycles. The Morgan fingerprint density at radius 1 is 0.906 bits per heavy atom. The van der Waals surface area contributed by atoms with Crippen LogP contribution in [0, 0.1) is 0 Å². The van der Waals surface area contributed by atoms with Crippen molar-refractivity contribution in [3.05, 3.63) is 36.4 Å². The van der Waals surface area contributed by atoms with Gasteiger partial charge in [0.05, 0.1) is 25.3 Å². The molecule has 14 heteroatoms. The summed E-state index contributed by atoms with van der Waals surface area (Å²) in [5.41, 5.74) is 6.55. The van der Waals surface area contributed by atoms with Crippen molar-refractivity contribution < 1.29 is 29.4 Å². The lowest BCUT2D eigenvalue weighted by Gasteiger charge is -2.23. The molecule has 0 aliphatic rings. The van der Waals surface area contributed by atoms with Gasteiger partial charge in [-0.15, -0.1) is 0 Å². The number of nitrogens with zero attached hydrogens (tertiary/aromatic N) is 2.